The first kappa shape index (κ1) is 14.7. The van der Waals surface area contributed by atoms with Crippen LogP contribution in [0, 0.1) is 6.92 Å². The van der Waals surface area contributed by atoms with Gasteiger partial charge in [0.1, 0.15) is 0 Å². The third-order valence-electron chi connectivity index (χ3n) is 3.47. The lowest BCUT2D eigenvalue weighted by molar-refractivity contribution is 0.500. The fourth-order valence-corrected chi connectivity index (χ4v) is 2.34. The summed E-state index contributed by atoms with van der Waals surface area (Å²) < 4.78 is 0. The largest absolute Gasteiger partial charge is 0.313 e. The van der Waals surface area contributed by atoms with Crippen LogP contribution < -0.4 is 5.32 Å². The Morgan fingerprint density at radius 3 is 2.50 bits per heavy atom. The highest BCUT2D eigenvalue weighted by atomic mass is 14.9. The number of nitrogens with one attached hydrogen (secondary N) is 1. The molecule has 1 aromatic heterocycles. The van der Waals surface area contributed by atoms with Crippen LogP contribution in [0.2, 0.25) is 0 Å². The SMILES string of the molecule is CCCNC(Cc1ccc(C)cc1)Cc1ccccn1. The van der Waals surface area contributed by atoms with E-state index in [1.807, 2.05) is 12.3 Å². The first-order valence-electron chi connectivity index (χ1n) is 7.46. The number of benzene rings is 1. The molecule has 0 amide bonds. The zero-order valence-corrected chi connectivity index (χ0v) is 12.5. The lowest BCUT2D eigenvalue weighted by Crippen LogP contribution is -2.34. The summed E-state index contributed by atoms with van der Waals surface area (Å²) >= 11 is 0. The van der Waals surface area contributed by atoms with Gasteiger partial charge in [0.25, 0.3) is 0 Å². The predicted molar refractivity (Wildman–Crippen MR) is 84.9 cm³/mol. The van der Waals surface area contributed by atoms with Gasteiger partial charge in [0, 0.05) is 24.4 Å². The highest BCUT2D eigenvalue weighted by molar-refractivity contribution is 5.22. The third-order valence-corrected chi connectivity index (χ3v) is 3.47. The Labute approximate surface area is 122 Å². The summed E-state index contributed by atoms with van der Waals surface area (Å²) in [6.07, 6.45) is 5.07. The summed E-state index contributed by atoms with van der Waals surface area (Å²) in [6.45, 7) is 5.39. The molecule has 2 aromatic rings. The van der Waals surface area contributed by atoms with Crippen LogP contribution in [0.1, 0.15) is 30.2 Å². The van der Waals surface area contributed by atoms with Crippen LogP contribution in [0.3, 0.4) is 0 Å². The van der Waals surface area contributed by atoms with E-state index in [1.165, 1.54) is 11.1 Å². The van der Waals surface area contributed by atoms with E-state index in [-0.39, 0.29) is 0 Å². The zero-order valence-electron chi connectivity index (χ0n) is 12.5. The summed E-state index contributed by atoms with van der Waals surface area (Å²) in [5, 5.41) is 3.64. The third kappa shape index (κ3) is 4.78. The Morgan fingerprint density at radius 2 is 1.85 bits per heavy atom. The molecule has 2 rings (SSSR count). The number of aryl methyl sites for hydroxylation is 1. The van der Waals surface area contributed by atoms with E-state index in [9.17, 15) is 0 Å². The maximum absolute atomic E-state index is 4.44. The normalized spacial score (nSPS) is 12.3. The number of rotatable bonds is 7. The molecule has 0 fully saturated rings. The average Bonchev–Trinajstić information content (AvgIpc) is 2.48. The Balaban J connectivity index is 2.01. The van der Waals surface area contributed by atoms with Crippen molar-refractivity contribution in [1.29, 1.82) is 0 Å². The molecule has 0 saturated carbocycles. The van der Waals surface area contributed by atoms with Gasteiger partial charge in [-0.25, -0.2) is 0 Å². The molecule has 2 heteroatoms. The summed E-state index contributed by atoms with van der Waals surface area (Å²) in [5.74, 6) is 0. The van der Waals surface area contributed by atoms with Crippen molar-refractivity contribution in [3.63, 3.8) is 0 Å². The molecule has 0 radical (unpaired) electrons. The summed E-state index contributed by atoms with van der Waals surface area (Å²) in [5.41, 5.74) is 3.87. The molecular formula is C18H24N2. The molecule has 0 saturated heterocycles. The quantitative estimate of drug-likeness (QED) is 0.830. The molecule has 0 aliphatic carbocycles. The molecule has 2 nitrogen and oxygen atoms in total. The van der Waals surface area contributed by atoms with Gasteiger partial charge in [-0.3, -0.25) is 4.98 Å². The maximum atomic E-state index is 4.44. The molecule has 106 valence electrons. The Hall–Kier alpha value is -1.67. The van der Waals surface area contributed by atoms with Crippen LogP contribution >= 0.6 is 0 Å². The highest BCUT2D eigenvalue weighted by Crippen LogP contribution is 2.09. The fraction of sp³-hybridized carbons (Fsp3) is 0.389. The second-order valence-corrected chi connectivity index (χ2v) is 5.37. The lowest BCUT2D eigenvalue weighted by Gasteiger charge is -2.18. The minimum absolute atomic E-state index is 0.451. The highest BCUT2D eigenvalue weighted by Gasteiger charge is 2.10. The van der Waals surface area contributed by atoms with Gasteiger partial charge in [0.15, 0.2) is 0 Å². The van der Waals surface area contributed by atoms with Crippen LogP contribution in [0.4, 0.5) is 0 Å². The van der Waals surface area contributed by atoms with E-state index >= 15 is 0 Å². The van der Waals surface area contributed by atoms with Crippen LogP contribution in [0.15, 0.2) is 48.7 Å². The molecule has 1 heterocycles. The van der Waals surface area contributed by atoms with E-state index in [4.69, 9.17) is 0 Å². The molecule has 1 atom stereocenters. The second kappa shape index (κ2) is 7.81. The number of nitrogens with zero attached hydrogens (tertiary/aromatic N) is 1. The smallest absolute Gasteiger partial charge is 0.0419 e. The second-order valence-electron chi connectivity index (χ2n) is 5.37. The standard InChI is InChI=1S/C18H24N2/c1-3-11-19-18(14-17-6-4-5-12-20-17)13-16-9-7-15(2)8-10-16/h4-10,12,18-19H,3,11,13-14H2,1-2H3. The molecule has 0 spiro atoms. The number of aromatic nitrogens is 1. The Morgan fingerprint density at radius 1 is 1.05 bits per heavy atom. The van der Waals surface area contributed by atoms with Crippen LogP contribution in [0.5, 0.6) is 0 Å². The number of hydrogen-bond acceptors (Lipinski definition) is 2. The summed E-state index contributed by atoms with van der Waals surface area (Å²) in [4.78, 5) is 4.44. The van der Waals surface area contributed by atoms with E-state index in [1.54, 1.807) is 0 Å². The summed E-state index contributed by atoms with van der Waals surface area (Å²) in [6, 6.07) is 15.4. The van der Waals surface area contributed by atoms with Crippen molar-refractivity contribution in [1.82, 2.24) is 10.3 Å². The van der Waals surface area contributed by atoms with Crippen molar-refractivity contribution in [2.45, 2.75) is 39.2 Å². The van der Waals surface area contributed by atoms with Crippen molar-refractivity contribution in [3.8, 4) is 0 Å². The van der Waals surface area contributed by atoms with Crippen molar-refractivity contribution < 1.29 is 0 Å². The van der Waals surface area contributed by atoms with E-state index in [0.717, 1.165) is 31.5 Å². The van der Waals surface area contributed by atoms with Crippen molar-refractivity contribution in [3.05, 3.63) is 65.5 Å². The van der Waals surface area contributed by atoms with Crippen molar-refractivity contribution >= 4 is 0 Å². The number of hydrogen-bond donors (Lipinski definition) is 1. The van der Waals surface area contributed by atoms with Crippen LogP contribution in [-0.2, 0) is 12.8 Å². The van der Waals surface area contributed by atoms with Gasteiger partial charge in [-0.05, 0) is 44.0 Å². The first-order chi connectivity index (χ1) is 9.78. The van der Waals surface area contributed by atoms with Gasteiger partial charge in [0.05, 0.1) is 0 Å². The lowest BCUT2D eigenvalue weighted by atomic mass is 10.0. The monoisotopic (exact) mass is 268 g/mol. The van der Waals surface area contributed by atoms with Gasteiger partial charge in [0.2, 0.25) is 0 Å². The zero-order chi connectivity index (χ0) is 14.2. The van der Waals surface area contributed by atoms with Gasteiger partial charge >= 0.3 is 0 Å². The molecule has 0 aliphatic heterocycles. The van der Waals surface area contributed by atoms with Gasteiger partial charge in [-0.2, -0.15) is 0 Å². The molecule has 20 heavy (non-hydrogen) atoms. The molecule has 0 aliphatic rings. The average molecular weight is 268 g/mol. The minimum atomic E-state index is 0.451. The first-order valence-corrected chi connectivity index (χ1v) is 7.46. The minimum Gasteiger partial charge on any atom is -0.313 e. The van der Waals surface area contributed by atoms with Crippen molar-refractivity contribution in [2.24, 2.45) is 0 Å². The predicted octanol–water partition coefficient (Wildman–Crippen LogP) is 3.54. The van der Waals surface area contributed by atoms with Crippen LogP contribution in [0.25, 0.3) is 0 Å². The molecular weight excluding hydrogens is 244 g/mol. The topological polar surface area (TPSA) is 24.9 Å². The van der Waals surface area contributed by atoms with Crippen LogP contribution in [-0.4, -0.2) is 17.6 Å². The molecule has 1 unspecified atom stereocenters. The Kier molecular flexibility index (Phi) is 5.75. The van der Waals surface area contributed by atoms with E-state index in [2.05, 4.69) is 60.5 Å². The van der Waals surface area contributed by atoms with E-state index in [0.29, 0.717) is 6.04 Å². The molecule has 0 bridgehead atoms. The Bertz CT molecular complexity index is 491. The van der Waals surface area contributed by atoms with Gasteiger partial charge in [-0.15, -0.1) is 0 Å². The van der Waals surface area contributed by atoms with Gasteiger partial charge in [-0.1, -0.05) is 42.8 Å². The van der Waals surface area contributed by atoms with E-state index < -0.39 is 0 Å². The molecule has 1 N–H and O–H groups in total. The van der Waals surface area contributed by atoms with Gasteiger partial charge < -0.3 is 5.32 Å². The molecule has 1 aromatic carbocycles. The maximum Gasteiger partial charge on any atom is 0.0419 e. The van der Waals surface area contributed by atoms with Crippen molar-refractivity contribution in [2.75, 3.05) is 6.54 Å². The fourth-order valence-electron chi connectivity index (χ4n) is 2.34. The number of pyridine rings is 1. The summed E-state index contributed by atoms with van der Waals surface area (Å²) in [7, 11) is 0.